The predicted molar refractivity (Wildman–Crippen MR) is 95.0 cm³/mol. The Kier molecular flexibility index (Phi) is 6.01. The van der Waals surface area contributed by atoms with Gasteiger partial charge in [-0.3, -0.25) is 14.4 Å². The summed E-state index contributed by atoms with van der Waals surface area (Å²) in [6, 6.07) is -0.331. The summed E-state index contributed by atoms with van der Waals surface area (Å²) in [4.78, 5) is 37.5. The highest BCUT2D eigenvalue weighted by molar-refractivity contribution is 5.88. The minimum absolute atomic E-state index is 0.00318. The molecule has 0 spiro atoms. The van der Waals surface area contributed by atoms with E-state index in [-0.39, 0.29) is 42.5 Å². The first kappa shape index (κ1) is 20.0. The lowest BCUT2D eigenvalue weighted by Crippen LogP contribution is -2.55. The summed E-state index contributed by atoms with van der Waals surface area (Å²) in [5.74, 6) is -3.70. The molecule has 8 heteroatoms. The minimum Gasteiger partial charge on any atom is -0.356 e. The quantitative estimate of drug-likeness (QED) is 0.732. The van der Waals surface area contributed by atoms with Crippen LogP contribution in [0.15, 0.2) is 0 Å². The number of carbonyl (C=O) groups excluding carboxylic acids is 3. The molecule has 1 saturated heterocycles. The van der Waals surface area contributed by atoms with Crippen LogP contribution in [-0.4, -0.2) is 54.2 Å². The number of likely N-dealkylation sites (tertiary alicyclic amines) is 1. The second-order valence-electron chi connectivity index (χ2n) is 8.31. The number of nitrogens with zero attached hydrogens (tertiary/aromatic N) is 1. The van der Waals surface area contributed by atoms with Crippen LogP contribution in [0, 0.1) is 11.8 Å². The van der Waals surface area contributed by atoms with E-state index in [4.69, 9.17) is 0 Å². The van der Waals surface area contributed by atoms with Crippen LogP contribution in [-0.2, 0) is 14.4 Å². The molecule has 152 valence electrons. The van der Waals surface area contributed by atoms with Crippen molar-refractivity contribution in [2.24, 2.45) is 11.8 Å². The van der Waals surface area contributed by atoms with Gasteiger partial charge in [0.05, 0.1) is 0 Å². The van der Waals surface area contributed by atoms with Crippen LogP contribution in [0.5, 0.6) is 0 Å². The normalized spacial score (nSPS) is 32.7. The van der Waals surface area contributed by atoms with E-state index in [0.29, 0.717) is 32.2 Å². The molecule has 2 unspecified atom stereocenters. The van der Waals surface area contributed by atoms with E-state index in [1.807, 2.05) is 0 Å². The topological polar surface area (TPSA) is 78.5 Å². The van der Waals surface area contributed by atoms with Crippen molar-refractivity contribution in [1.82, 2.24) is 15.5 Å². The third-order valence-corrected chi connectivity index (χ3v) is 6.29. The van der Waals surface area contributed by atoms with E-state index < -0.39 is 17.9 Å². The van der Waals surface area contributed by atoms with Crippen molar-refractivity contribution in [2.75, 3.05) is 13.6 Å². The van der Waals surface area contributed by atoms with Crippen LogP contribution in [0.4, 0.5) is 8.78 Å². The van der Waals surface area contributed by atoms with E-state index in [1.165, 1.54) is 4.90 Å². The van der Waals surface area contributed by atoms with E-state index in [1.54, 1.807) is 7.05 Å². The molecule has 1 heterocycles. The molecule has 3 rings (SSSR count). The van der Waals surface area contributed by atoms with Gasteiger partial charge in [-0.05, 0) is 44.4 Å². The SMILES string of the molecule is CN1C(=O)CCCC1C(=O)NC1CC(CNC(=O)CC2CCCC2(F)F)C1. The highest BCUT2D eigenvalue weighted by atomic mass is 19.3. The van der Waals surface area contributed by atoms with Crippen molar-refractivity contribution in [3.63, 3.8) is 0 Å². The third kappa shape index (κ3) is 4.76. The Bertz CT molecular complexity index is 593. The molecule has 2 N–H and O–H groups in total. The number of hydrogen-bond acceptors (Lipinski definition) is 3. The van der Waals surface area contributed by atoms with Gasteiger partial charge in [0.25, 0.3) is 5.92 Å². The molecule has 0 radical (unpaired) electrons. The molecule has 6 nitrogen and oxygen atoms in total. The van der Waals surface area contributed by atoms with Crippen molar-refractivity contribution < 1.29 is 23.2 Å². The van der Waals surface area contributed by atoms with Crippen molar-refractivity contribution in [2.45, 2.75) is 75.8 Å². The van der Waals surface area contributed by atoms with E-state index in [9.17, 15) is 23.2 Å². The summed E-state index contributed by atoms with van der Waals surface area (Å²) in [5, 5.41) is 5.74. The van der Waals surface area contributed by atoms with Gasteiger partial charge in [-0.25, -0.2) is 8.78 Å². The monoisotopic (exact) mass is 385 g/mol. The van der Waals surface area contributed by atoms with E-state index >= 15 is 0 Å². The number of amides is 3. The molecule has 2 aliphatic carbocycles. The molecule has 3 amide bonds. The predicted octanol–water partition coefficient (Wildman–Crippen LogP) is 1.83. The van der Waals surface area contributed by atoms with E-state index in [0.717, 1.165) is 19.3 Å². The lowest BCUT2D eigenvalue weighted by molar-refractivity contribution is -0.142. The second kappa shape index (κ2) is 8.10. The number of piperidine rings is 1. The fourth-order valence-corrected chi connectivity index (χ4v) is 4.42. The molecular formula is C19H29F2N3O3. The zero-order valence-corrected chi connectivity index (χ0v) is 15.8. The van der Waals surface area contributed by atoms with Crippen molar-refractivity contribution in [3.05, 3.63) is 0 Å². The molecule has 0 aromatic heterocycles. The Labute approximate surface area is 158 Å². The molecule has 0 aromatic carbocycles. The maximum atomic E-state index is 13.6. The largest absolute Gasteiger partial charge is 0.356 e. The van der Waals surface area contributed by atoms with Gasteiger partial charge in [0, 0.05) is 44.8 Å². The highest BCUT2D eigenvalue weighted by Crippen LogP contribution is 2.42. The van der Waals surface area contributed by atoms with Crippen molar-refractivity contribution in [3.8, 4) is 0 Å². The zero-order valence-electron chi connectivity index (χ0n) is 15.8. The number of carbonyl (C=O) groups is 3. The van der Waals surface area contributed by atoms with Crippen molar-refractivity contribution in [1.29, 1.82) is 0 Å². The second-order valence-corrected chi connectivity index (χ2v) is 8.31. The molecule has 3 fully saturated rings. The average molecular weight is 385 g/mol. The smallest absolute Gasteiger partial charge is 0.251 e. The summed E-state index contributed by atoms with van der Waals surface area (Å²) < 4.78 is 27.2. The molecular weight excluding hydrogens is 356 g/mol. The summed E-state index contributed by atoms with van der Waals surface area (Å²) in [6.07, 6.45) is 4.11. The highest BCUT2D eigenvalue weighted by Gasteiger charge is 2.44. The number of nitrogens with one attached hydrogen (secondary N) is 2. The van der Waals surface area contributed by atoms with Crippen LogP contribution in [0.3, 0.4) is 0 Å². The summed E-state index contributed by atoms with van der Waals surface area (Å²) in [7, 11) is 1.67. The molecule has 2 saturated carbocycles. The fraction of sp³-hybridized carbons (Fsp3) is 0.842. The van der Waals surface area contributed by atoms with Gasteiger partial charge in [-0.1, -0.05) is 0 Å². The van der Waals surface area contributed by atoms with Crippen LogP contribution in [0.25, 0.3) is 0 Å². The van der Waals surface area contributed by atoms with Gasteiger partial charge in [0.2, 0.25) is 17.7 Å². The fourth-order valence-electron chi connectivity index (χ4n) is 4.42. The molecule has 1 aliphatic heterocycles. The third-order valence-electron chi connectivity index (χ3n) is 6.29. The average Bonchev–Trinajstić information content (AvgIpc) is 2.90. The van der Waals surface area contributed by atoms with Crippen LogP contribution in [0.1, 0.15) is 57.8 Å². The Hall–Kier alpha value is -1.73. The molecule has 2 atom stereocenters. The van der Waals surface area contributed by atoms with Gasteiger partial charge in [0.1, 0.15) is 6.04 Å². The Morgan fingerprint density at radius 2 is 1.96 bits per heavy atom. The first-order chi connectivity index (χ1) is 12.8. The lowest BCUT2D eigenvalue weighted by Gasteiger charge is -2.38. The van der Waals surface area contributed by atoms with Gasteiger partial charge in [-0.2, -0.15) is 0 Å². The molecule has 27 heavy (non-hydrogen) atoms. The number of rotatable bonds is 6. The standard InChI is InChI=1S/C19H29F2N3O3/c1-24-15(5-2-6-17(24)26)18(27)23-14-8-12(9-14)11-22-16(25)10-13-4-3-7-19(13,20)21/h12-15H,2-11H2,1H3,(H,22,25)(H,23,27). The minimum atomic E-state index is -2.71. The van der Waals surface area contributed by atoms with Gasteiger partial charge in [0.15, 0.2) is 0 Å². The van der Waals surface area contributed by atoms with Crippen LogP contribution in [0.2, 0.25) is 0 Å². The Morgan fingerprint density at radius 1 is 1.22 bits per heavy atom. The maximum Gasteiger partial charge on any atom is 0.251 e. The van der Waals surface area contributed by atoms with Gasteiger partial charge in [-0.15, -0.1) is 0 Å². The number of hydrogen-bond donors (Lipinski definition) is 2. The molecule has 0 aromatic rings. The lowest BCUT2D eigenvalue weighted by atomic mass is 9.80. The molecule has 3 aliphatic rings. The number of likely N-dealkylation sites (N-methyl/N-ethyl adjacent to an activating group) is 1. The van der Waals surface area contributed by atoms with Crippen LogP contribution < -0.4 is 10.6 Å². The number of alkyl halides is 2. The summed E-state index contributed by atoms with van der Waals surface area (Å²) >= 11 is 0. The summed E-state index contributed by atoms with van der Waals surface area (Å²) in [5.41, 5.74) is 0. The van der Waals surface area contributed by atoms with Gasteiger partial charge >= 0.3 is 0 Å². The zero-order chi connectivity index (χ0) is 19.6. The van der Waals surface area contributed by atoms with E-state index in [2.05, 4.69) is 10.6 Å². The summed E-state index contributed by atoms with van der Waals surface area (Å²) in [6.45, 7) is 0.464. The van der Waals surface area contributed by atoms with Gasteiger partial charge < -0.3 is 15.5 Å². The van der Waals surface area contributed by atoms with Crippen molar-refractivity contribution >= 4 is 17.7 Å². The Balaban J connectivity index is 1.32. The van der Waals surface area contributed by atoms with Crippen LogP contribution >= 0.6 is 0 Å². The maximum absolute atomic E-state index is 13.6. The Morgan fingerprint density at radius 3 is 2.63 bits per heavy atom. The first-order valence-corrected chi connectivity index (χ1v) is 9.97. The number of halogens is 2. The first-order valence-electron chi connectivity index (χ1n) is 9.97. The molecule has 0 bridgehead atoms.